The Bertz CT molecular complexity index is 705. The summed E-state index contributed by atoms with van der Waals surface area (Å²) in [6.07, 6.45) is 7.93. The summed E-state index contributed by atoms with van der Waals surface area (Å²) in [5.41, 5.74) is 1.92. The maximum absolute atomic E-state index is 5.66. The molecule has 5 rings (SSSR count). The van der Waals surface area contributed by atoms with E-state index in [0.29, 0.717) is 5.41 Å². The fourth-order valence-electron chi connectivity index (χ4n) is 4.24. The van der Waals surface area contributed by atoms with Crippen LogP contribution in [0.1, 0.15) is 29.7 Å². The fraction of sp³-hybridized carbons (Fsp3) is 0.625. The Balaban J connectivity index is 1.59. The molecule has 0 amide bonds. The lowest BCUT2D eigenvalue weighted by Gasteiger charge is -2.23. The van der Waals surface area contributed by atoms with Gasteiger partial charge in [0.05, 0.1) is 12.0 Å². The summed E-state index contributed by atoms with van der Waals surface area (Å²) in [7, 11) is 0. The summed E-state index contributed by atoms with van der Waals surface area (Å²) in [5, 5.41) is 1.35. The predicted octanol–water partition coefficient (Wildman–Crippen LogP) is 2.80. The number of anilines is 1. The first-order chi connectivity index (χ1) is 10.3. The van der Waals surface area contributed by atoms with Crippen LogP contribution in [0.5, 0.6) is 0 Å². The monoisotopic (exact) mass is 301 g/mol. The van der Waals surface area contributed by atoms with Crippen LogP contribution in [0.15, 0.2) is 6.33 Å². The van der Waals surface area contributed by atoms with Gasteiger partial charge in [0.15, 0.2) is 0 Å². The van der Waals surface area contributed by atoms with Gasteiger partial charge in [0, 0.05) is 30.0 Å². The Morgan fingerprint density at radius 1 is 1.24 bits per heavy atom. The van der Waals surface area contributed by atoms with Crippen LogP contribution in [0.3, 0.4) is 0 Å². The van der Waals surface area contributed by atoms with Crippen molar-refractivity contribution in [3.63, 3.8) is 0 Å². The van der Waals surface area contributed by atoms with Crippen LogP contribution in [0.4, 0.5) is 5.82 Å². The van der Waals surface area contributed by atoms with E-state index in [0.717, 1.165) is 26.3 Å². The minimum absolute atomic E-state index is 0.385. The summed E-state index contributed by atoms with van der Waals surface area (Å²) in [6.45, 7) is 4.07. The highest BCUT2D eigenvalue weighted by Crippen LogP contribution is 2.44. The smallest absolute Gasteiger partial charge is 0.141 e. The lowest BCUT2D eigenvalue weighted by Crippen LogP contribution is -2.28. The van der Waals surface area contributed by atoms with E-state index < -0.39 is 0 Å². The van der Waals surface area contributed by atoms with Gasteiger partial charge in [-0.05, 0) is 37.7 Å². The Morgan fingerprint density at radius 2 is 2.24 bits per heavy atom. The first kappa shape index (κ1) is 12.4. The molecule has 4 nitrogen and oxygen atoms in total. The molecule has 2 aromatic heterocycles. The second kappa shape index (κ2) is 4.40. The molecule has 0 aromatic carbocycles. The minimum Gasteiger partial charge on any atom is -0.381 e. The molecule has 3 aliphatic rings. The second-order valence-electron chi connectivity index (χ2n) is 6.71. The largest absolute Gasteiger partial charge is 0.381 e. The molecule has 1 aliphatic carbocycles. The molecule has 21 heavy (non-hydrogen) atoms. The fourth-order valence-corrected chi connectivity index (χ4v) is 5.46. The van der Waals surface area contributed by atoms with Crippen LogP contribution in [-0.4, -0.2) is 36.3 Å². The number of hydrogen-bond acceptors (Lipinski definition) is 5. The number of ether oxygens (including phenoxy) is 1. The molecule has 2 fully saturated rings. The molecule has 0 radical (unpaired) electrons. The quantitative estimate of drug-likeness (QED) is 0.812. The van der Waals surface area contributed by atoms with Crippen molar-refractivity contribution in [3.05, 3.63) is 16.8 Å². The zero-order valence-corrected chi connectivity index (χ0v) is 12.9. The third-order valence-electron chi connectivity index (χ3n) is 5.40. The van der Waals surface area contributed by atoms with Crippen LogP contribution >= 0.6 is 11.3 Å². The average Bonchev–Trinajstić information content (AvgIpc) is 3.24. The predicted molar refractivity (Wildman–Crippen MR) is 84.1 cm³/mol. The van der Waals surface area contributed by atoms with E-state index in [1.54, 1.807) is 11.2 Å². The third kappa shape index (κ3) is 1.77. The van der Waals surface area contributed by atoms with Crippen LogP contribution < -0.4 is 4.90 Å². The first-order valence-corrected chi connectivity index (χ1v) is 8.74. The van der Waals surface area contributed by atoms with Gasteiger partial charge >= 0.3 is 0 Å². The molecule has 2 aromatic rings. The van der Waals surface area contributed by atoms with E-state index in [1.165, 1.54) is 53.7 Å². The van der Waals surface area contributed by atoms with Gasteiger partial charge in [-0.25, -0.2) is 9.97 Å². The first-order valence-electron chi connectivity index (χ1n) is 7.93. The summed E-state index contributed by atoms with van der Waals surface area (Å²) in [5.74, 6) is 1.18. The van der Waals surface area contributed by atoms with Crippen LogP contribution in [0.25, 0.3) is 10.2 Å². The van der Waals surface area contributed by atoms with E-state index in [1.807, 2.05) is 11.3 Å². The van der Waals surface area contributed by atoms with Crippen molar-refractivity contribution in [1.29, 1.82) is 0 Å². The molecule has 0 N–H and O–H groups in total. The zero-order valence-electron chi connectivity index (χ0n) is 12.1. The Labute approximate surface area is 128 Å². The lowest BCUT2D eigenvalue weighted by molar-refractivity contribution is 0.160. The van der Waals surface area contributed by atoms with Gasteiger partial charge in [-0.15, -0.1) is 11.3 Å². The third-order valence-corrected chi connectivity index (χ3v) is 6.60. The highest BCUT2D eigenvalue weighted by atomic mass is 32.1. The molecule has 1 spiro atoms. The summed E-state index contributed by atoms with van der Waals surface area (Å²) in [4.78, 5) is 14.4. The number of aromatic nitrogens is 2. The van der Waals surface area contributed by atoms with E-state index >= 15 is 0 Å². The molecule has 0 saturated carbocycles. The van der Waals surface area contributed by atoms with Crippen molar-refractivity contribution >= 4 is 27.4 Å². The standard InChI is InChI=1S/C16H19N3OS/c1-2-11-12(3-1)21-15-13(11)14(17-10-18-15)19-6-4-16(8-19)5-7-20-9-16/h10H,1-9H2. The van der Waals surface area contributed by atoms with Gasteiger partial charge in [-0.2, -0.15) is 0 Å². The molecule has 1 unspecified atom stereocenters. The van der Waals surface area contributed by atoms with Crippen molar-refractivity contribution in [3.8, 4) is 0 Å². The molecule has 2 saturated heterocycles. The number of thiophene rings is 1. The Hall–Kier alpha value is -1.20. The van der Waals surface area contributed by atoms with Gasteiger partial charge in [0.25, 0.3) is 0 Å². The van der Waals surface area contributed by atoms with Crippen molar-refractivity contribution in [1.82, 2.24) is 9.97 Å². The Morgan fingerprint density at radius 3 is 3.14 bits per heavy atom. The Kier molecular flexibility index (Phi) is 2.59. The van der Waals surface area contributed by atoms with E-state index in [-0.39, 0.29) is 0 Å². The molecule has 5 heteroatoms. The summed E-state index contributed by atoms with van der Waals surface area (Å²) >= 11 is 1.88. The van der Waals surface area contributed by atoms with Crippen molar-refractivity contribution in [2.24, 2.45) is 5.41 Å². The van der Waals surface area contributed by atoms with Gasteiger partial charge in [0.1, 0.15) is 17.0 Å². The molecular formula is C16H19N3OS. The van der Waals surface area contributed by atoms with Crippen molar-refractivity contribution in [2.45, 2.75) is 32.1 Å². The zero-order chi connectivity index (χ0) is 13.9. The van der Waals surface area contributed by atoms with E-state index in [4.69, 9.17) is 4.74 Å². The van der Waals surface area contributed by atoms with Crippen LogP contribution in [-0.2, 0) is 17.6 Å². The van der Waals surface area contributed by atoms with Gasteiger partial charge < -0.3 is 9.64 Å². The summed E-state index contributed by atoms with van der Waals surface area (Å²) < 4.78 is 5.66. The van der Waals surface area contributed by atoms with Crippen molar-refractivity contribution in [2.75, 3.05) is 31.2 Å². The van der Waals surface area contributed by atoms with Gasteiger partial charge in [-0.3, -0.25) is 0 Å². The van der Waals surface area contributed by atoms with E-state index in [2.05, 4.69) is 14.9 Å². The number of fused-ring (bicyclic) bond motifs is 3. The number of rotatable bonds is 1. The highest BCUT2D eigenvalue weighted by Gasteiger charge is 2.42. The van der Waals surface area contributed by atoms with Crippen LogP contribution in [0.2, 0.25) is 0 Å². The molecule has 4 heterocycles. The number of hydrogen-bond donors (Lipinski definition) is 0. The number of nitrogens with zero attached hydrogens (tertiary/aromatic N) is 3. The maximum atomic E-state index is 5.66. The molecule has 1 atom stereocenters. The highest BCUT2D eigenvalue weighted by molar-refractivity contribution is 7.19. The normalized spacial score (nSPS) is 28.1. The summed E-state index contributed by atoms with van der Waals surface area (Å²) in [6, 6.07) is 0. The maximum Gasteiger partial charge on any atom is 0.141 e. The topological polar surface area (TPSA) is 38.2 Å². The van der Waals surface area contributed by atoms with Gasteiger partial charge in [0.2, 0.25) is 0 Å². The van der Waals surface area contributed by atoms with Crippen LogP contribution in [0, 0.1) is 5.41 Å². The van der Waals surface area contributed by atoms with Crippen molar-refractivity contribution < 1.29 is 4.74 Å². The minimum atomic E-state index is 0.385. The van der Waals surface area contributed by atoms with Gasteiger partial charge in [-0.1, -0.05) is 0 Å². The molecule has 2 aliphatic heterocycles. The number of aryl methyl sites for hydroxylation is 2. The van der Waals surface area contributed by atoms with E-state index in [9.17, 15) is 0 Å². The molecule has 110 valence electrons. The second-order valence-corrected chi connectivity index (χ2v) is 7.79. The molecular weight excluding hydrogens is 282 g/mol. The molecule has 0 bridgehead atoms. The SMILES string of the molecule is c1nc(N2CCC3(CCOC3)C2)c2c3c(sc2n1)CCC3. The average molecular weight is 301 g/mol. The lowest BCUT2D eigenvalue weighted by atomic mass is 9.87.